The van der Waals surface area contributed by atoms with Gasteiger partial charge >= 0.3 is 6.03 Å². The molecule has 0 aliphatic heterocycles. The van der Waals surface area contributed by atoms with Gasteiger partial charge in [-0.05, 0) is 39.0 Å². The van der Waals surface area contributed by atoms with Crippen LogP contribution in [0.15, 0.2) is 18.2 Å². The summed E-state index contributed by atoms with van der Waals surface area (Å²) < 4.78 is 13.5. The molecule has 1 atom stereocenters. The van der Waals surface area contributed by atoms with Crippen molar-refractivity contribution < 1.29 is 14.3 Å². The highest BCUT2D eigenvalue weighted by Crippen LogP contribution is 2.20. The monoisotopic (exact) mass is 288 g/mol. The quantitative estimate of drug-likeness (QED) is 0.894. The van der Waals surface area contributed by atoms with E-state index in [9.17, 15) is 14.3 Å². The molecule has 0 fully saturated rings. The van der Waals surface area contributed by atoms with Gasteiger partial charge in [0.2, 0.25) is 0 Å². The Hall–Kier alpha value is -1.33. The third-order valence-electron chi connectivity index (χ3n) is 2.52. The van der Waals surface area contributed by atoms with E-state index in [2.05, 4.69) is 5.32 Å². The van der Waals surface area contributed by atoms with E-state index in [0.29, 0.717) is 5.02 Å². The van der Waals surface area contributed by atoms with E-state index >= 15 is 0 Å². The zero-order valence-corrected chi connectivity index (χ0v) is 11.9. The van der Waals surface area contributed by atoms with E-state index in [-0.39, 0.29) is 18.3 Å². The first-order valence-corrected chi connectivity index (χ1v) is 6.39. The Morgan fingerprint density at radius 2 is 2.11 bits per heavy atom. The fourth-order valence-electron chi connectivity index (χ4n) is 1.59. The van der Waals surface area contributed by atoms with Crippen LogP contribution in [0.5, 0.6) is 0 Å². The van der Waals surface area contributed by atoms with Gasteiger partial charge in [-0.3, -0.25) is 0 Å². The summed E-state index contributed by atoms with van der Waals surface area (Å²) in [7, 11) is 0. The molecule has 0 aliphatic carbocycles. The SMILES string of the molecule is CC(O)CN(C(=O)Nc1cc(Cl)ccc1F)C(C)C. The molecule has 106 valence electrons. The molecule has 4 nitrogen and oxygen atoms in total. The Morgan fingerprint density at radius 3 is 2.63 bits per heavy atom. The van der Waals surface area contributed by atoms with Gasteiger partial charge in [0.1, 0.15) is 5.82 Å². The van der Waals surface area contributed by atoms with Crippen LogP contribution in [0.4, 0.5) is 14.9 Å². The molecule has 0 aromatic heterocycles. The Labute approximate surface area is 117 Å². The van der Waals surface area contributed by atoms with Crippen LogP contribution in [0.1, 0.15) is 20.8 Å². The number of halogens is 2. The molecule has 0 spiro atoms. The van der Waals surface area contributed by atoms with Crippen molar-refractivity contribution in [1.29, 1.82) is 0 Å². The van der Waals surface area contributed by atoms with Crippen LogP contribution in [0.25, 0.3) is 0 Å². The summed E-state index contributed by atoms with van der Waals surface area (Å²) in [5.41, 5.74) is 0.0220. The molecule has 0 saturated heterocycles. The number of hydrogen-bond donors (Lipinski definition) is 2. The van der Waals surface area contributed by atoms with Crippen molar-refractivity contribution in [2.75, 3.05) is 11.9 Å². The van der Waals surface area contributed by atoms with Gasteiger partial charge in [0.25, 0.3) is 0 Å². The van der Waals surface area contributed by atoms with Crippen molar-refractivity contribution in [1.82, 2.24) is 4.90 Å². The van der Waals surface area contributed by atoms with E-state index in [0.717, 1.165) is 0 Å². The molecule has 1 rings (SSSR count). The normalized spacial score (nSPS) is 12.4. The molecule has 2 N–H and O–H groups in total. The molecule has 1 aromatic carbocycles. The molecule has 19 heavy (non-hydrogen) atoms. The molecule has 0 aliphatic rings. The number of aliphatic hydroxyl groups is 1. The minimum Gasteiger partial charge on any atom is -0.392 e. The average molecular weight is 289 g/mol. The lowest BCUT2D eigenvalue weighted by atomic mass is 10.2. The summed E-state index contributed by atoms with van der Waals surface area (Å²) in [4.78, 5) is 13.5. The number of amides is 2. The topological polar surface area (TPSA) is 52.6 Å². The summed E-state index contributed by atoms with van der Waals surface area (Å²) in [5.74, 6) is -0.557. The minimum absolute atomic E-state index is 0.0220. The second-order valence-corrected chi connectivity index (χ2v) is 5.09. The average Bonchev–Trinajstić information content (AvgIpc) is 2.30. The van der Waals surface area contributed by atoms with Crippen molar-refractivity contribution in [2.45, 2.75) is 32.9 Å². The van der Waals surface area contributed by atoms with Gasteiger partial charge in [0.15, 0.2) is 0 Å². The van der Waals surface area contributed by atoms with Gasteiger partial charge in [-0.1, -0.05) is 11.6 Å². The van der Waals surface area contributed by atoms with Crippen LogP contribution in [0.2, 0.25) is 5.02 Å². The number of carbonyl (C=O) groups is 1. The van der Waals surface area contributed by atoms with Gasteiger partial charge in [0.05, 0.1) is 11.8 Å². The lowest BCUT2D eigenvalue weighted by Crippen LogP contribution is -2.43. The van der Waals surface area contributed by atoms with Crippen LogP contribution >= 0.6 is 11.6 Å². The number of urea groups is 1. The Morgan fingerprint density at radius 1 is 1.47 bits per heavy atom. The first-order chi connectivity index (χ1) is 8.81. The number of anilines is 1. The highest BCUT2D eigenvalue weighted by Gasteiger charge is 2.19. The van der Waals surface area contributed by atoms with E-state index < -0.39 is 18.0 Å². The second kappa shape index (κ2) is 6.73. The molecule has 1 unspecified atom stereocenters. The largest absolute Gasteiger partial charge is 0.392 e. The van der Waals surface area contributed by atoms with E-state index in [1.807, 2.05) is 13.8 Å². The van der Waals surface area contributed by atoms with Crippen LogP contribution in [-0.2, 0) is 0 Å². The van der Waals surface area contributed by atoms with Gasteiger partial charge in [0, 0.05) is 17.6 Å². The zero-order chi connectivity index (χ0) is 14.6. The molecule has 0 saturated carbocycles. The molecule has 0 bridgehead atoms. The Balaban J connectivity index is 2.84. The number of aliphatic hydroxyl groups excluding tert-OH is 1. The van der Waals surface area contributed by atoms with Crippen molar-refractivity contribution in [2.24, 2.45) is 0 Å². The van der Waals surface area contributed by atoms with Crippen LogP contribution < -0.4 is 5.32 Å². The van der Waals surface area contributed by atoms with Crippen molar-refractivity contribution in [3.8, 4) is 0 Å². The zero-order valence-electron chi connectivity index (χ0n) is 11.2. The summed E-state index contributed by atoms with van der Waals surface area (Å²) in [6, 6.07) is 3.35. The summed E-state index contributed by atoms with van der Waals surface area (Å²) in [6.45, 7) is 5.39. The highest BCUT2D eigenvalue weighted by atomic mass is 35.5. The van der Waals surface area contributed by atoms with Crippen LogP contribution in [0.3, 0.4) is 0 Å². The molecule has 1 aromatic rings. The fourth-order valence-corrected chi connectivity index (χ4v) is 1.77. The molecule has 0 heterocycles. The summed E-state index contributed by atoms with van der Waals surface area (Å²) >= 11 is 5.76. The number of hydrogen-bond acceptors (Lipinski definition) is 2. The lowest BCUT2D eigenvalue weighted by Gasteiger charge is -2.28. The van der Waals surface area contributed by atoms with E-state index in [4.69, 9.17) is 11.6 Å². The van der Waals surface area contributed by atoms with Gasteiger partial charge < -0.3 is 15.3 Å². The lowest BCUT2D eigenvalue weighted by molar-refractivity contribution is 0.125. The smallest absolute Gasteiger partial charge is 0.322 e. The second-order valence-electron chi connectivity index (χ2n) is 4.65. The number of nitrogens with zero attached hydrogens (tertiary/aromatic N) is 1. The molecule has 6 heteroatoms. The summed E-state index contributed by atoms with van der Waals surface area (Å²) in [5, 5.41) is 12.2. The van der Waals surface area contributed by atoms with Crippen molar-refractivity contribution in [3.63, 3.8) is 0 Å². The number of carbonyl (C=O) groups excluding carboxylic acids is 1. The van der Waals surface area contributed by atoms with Gasteiger partial charge in [-0.15, -0.1) is 0 Å². The van der Waals surface area contributed by atoms with Crippen molar-refractivity contribution in [3.05, 3.63) is 29.0 Å². The maximum Gasteiger partial charge on any atom is 0.322 e. The predicted molar refractivity (Wildman–Crippen MR) is 74.0 cm³/mol. The number of nitrogens with one attached hydrogen (secondary N) is 1. The highest BCUT2D eigenvalue weighted by molar-refractivity contribution is 6.30. The van der Waals surface area contributed by atoms with Gasteiger partial charge in [-0.2, -0.15) is 0 Å². The third kappa shape index (κ3) is 4.69. The first kappa shape index (κ1) is 15.7. The van der Waals surface area contributed by atoms with Gasteiger partial charge in [-0.25, -0.2) is 9.18 Å². The number of benzene rings is 1. The standard InChI is InChI=1S/C13H18ClFN2O2/c1-8(2)17(7-9(3)18)13(19)16-12-6-10(14)4-5-11(12)15/h4-6,8-9,18H,7H2,1-3H3,(H,16,19). The Bertz CT molecular complexity index is 452. The maximum atomic E-state index is 13.5. The third-order valence-corrected chi connectivity index (χ3v) is 2.75. The van der Waals surface area contributed by atoms with Crippen LogP contribution in [-0.4, -0.2) is 34.7 Å². The van der Waals surface area contributed by atoms with E-state index in [1.165, 1.54) is 23.1 Å². The van der Waals surface area contributed by atoms with Crippen molar-refractivity contribution >= 4 is 23.3 Å². The maximum absolute atomic E-state index is 13.5. The molecule has 0 radical (unpaired) electrons. The predicted octanol–water partition coefficient (Wildman–Crippen LogP) is 3.10. The minimum atomic E-state index is -0.655. The molecule has 2 amide bonds. The van der Waals surface area contributed by atoms with Crippen LogP contribution in [0, 0.1) is 5.82 Å². The van der Waals surface area contributed by atoms with E-state index in [1.54, 1.807) is 6.92 Å². The summed E-state index contributed by atoms with van der Waals surface area (Å²) in [6.07, 6.45) is -0.655. The fraction of sp³-hybridized carbons (Fsp3) is 0.462. The number of rotatable bonds is 4. The first-order valence-electron chi connectivity index (χ1n) is 6.02. The Kier molecular flexibility index (Phi) is 5.57. The molecular weight excluding hydrogens is 271 g/mol. The molecular formula is C13H18ClFN2O2.